The van der Waals surface area contributed by atoms with E-state index in [0.717, 1.165) is 16.8 Å². The van der Waals surface area contributed by atoms with E-state index in [4.69, 9.17) is 4.74 Å². The van der Waals surface area contributed by atoms with Crippen molar-refractivity contribution in [1.29, 1.82) is 0 Å². The van der Waals surface area contributed by atoms with Crippen LogP contribution in [-0.4, -0.2) is 51.1 Å². The molecule has 43 heavy (non-hydrogen) atoms. The number of carbonyl (C=O) groups excluding carboxylic acids is 1. The first kappa shape index (κ1) is 28.9. The molecular weight excluding hydrogens is 652 g/mol. The van der Waals surface area contributed by atoms with Crippen molar-refractivity contribution in [2.24, 2.45) is 0 Å². The van der Waals surface area contributed by atoms with E-state index in [9.17, 15) is 14.7 Å². The second-order valence-electron chi connectivity index (χ2n) is 11.1. The average molecular weight is 685 g/mol. The molecule has 0 saturated carbocycles. The van der Waals surface area contributed by atoms with Crippen molar-refractivity contribution >= 4 is 75.1 Å². The molecule has 2 heterocycles. The SMILES string of the molecule is CC1(C)C(=CC=CC=Cc2[te]c3ccccc3[n+]2CCOC=O)N(CCC(=O)O)c2c1c1ccccc1c1ccccc21. The number of fused-ring (bicyclic) bond motifs is 7. The Hall–Kier alpha value is -4.18. The molecule has 0 amide bonds. The molecule has 216 valence electrons. The quantitative estimate of drug-likeness (QED) is 0.0461. The topological polar surface area (TPSA) is 70.7 Å². The fourth-order valence-electron chi connectivity index (χ4n) is 6.31. The summed E-state index contributed by atoms with van der Waals surface area (Å²) < 4.78 is 9.90. The summed E-state index contributed by atoms with van der Waals surface area (Å²) in [4.78, 5) is 24.7. The zero-order valence-corrected chi connectivity index (χ0v) is 26.5. The van der Waals surface area contributed by atoms with Crippen molar-refractivity contribution < 1.29 is 24.0 Å². The van der Waals surface area contributed by atoms with Gasteiger partial charge in [0.1, 0.15) is 0 Å². The van der Waals surface area contributed by atoms with Crippen LogP contribution < -0.4 is 9.47 Å². The van der Waals surface area contributed by atoms with Gasteiger partial charge in [0, 0.05) is 0 Å². The number of benzene rings is 4. The third kappa shape index (κ3) is 5.40. The van der Waals surface area contributed by atoms with Crippen LogP contribution in [0.2, 0.25) is 0 Å². The fourth-order valence-corrected chi connectivity index (χ4v) is 9.45. The Balaban J connectivity index is 1.39. The Labute approximate surface area is 260 Å². The maximum atomic E-state index is 11.7. The summed E-state index contributed by atoms with van der Waals surface area (Å²) >= 11 is -0.550. The first-order chi connectivity index (χ1) is 20.9. The van der Waals surface area contributed by atoms with E-state index < -0.39 is 26.4 Å². The first-order valence-electron chi connectivity index (χ1n) is 14.4. The van der Waals surface area contributed by atoms with E-state index in [1.807, 2.05) is 12.1 Å². The summed E-state index contributed by atoms with van der Waals surface area (Å²) in [5.74, 6) is -0.809. The summed E-state index contributed by atoms with van der Waals surface area (Å²) in [6.07, 6.45) is 10.5. The van der Waals surface area contributed by atoms with Gasteiger partial charge in [-0.1, -0.05) is 12.1 Å². The summed E-state index contributed by atoms with van der Waals surface area (Å²) in [5, 5.41) is 14.4. The predicted molar refractivity (Wildman–Crippen MR) is 173 cm³/mol. The van der Waals surface area contributed by atoms with Crippen LogP contribution in [0, 0.1) is 0 Å². The zero-order chi connectivity index (χ0) is 30.0. The van der Waals surface area contributed by atoms with Crippen molar-refractivity contribution in [3.63, 3.8) is 0 Å². The number of hydrogen-bond donors (Lipinski definition) is 1. The normalized spacial score (nSPS) is 15.4. The number of ether oxygens (including phenoxy) is 1. The van der Waals surface area contributed by atoms with Gasteiger partial charge >= 0.3 is 249 Å². The van der Waals surface area contributed by atoms with Gasteiger partial charge in [-0.15, -0.1) is 0 Å². The Morgan fingerprint density at radius 1 is 0.930 bits per heavy atom. The van der Waals surface area contributed by atoms with E-state index in [0.29, 0.717) is 26.2 Å². The van der Waals surface area contributed by atoms with E-state index in [1.165, 1.54) is 34.4 Å². The maximum absolute atomic E-state index is 11.7. The zero-order valence-electron chi connectivity index (χ0n) is 24.2. The third-order valence-electron chi connectivity index (χ3n) is 8.13. The van der Waals surface area contributed by atoms with Crippen molar-refractivity contribution in [2.75, 3.05) is 18.1 Å². The first-order valence-corrected chi connectivity index (χ1v) is 16.7. The van der Waals surface area contributed by atoms with Crippen LogP contribution in [0.4, 0.5) is 5.69 Å². The molecule has 0 spiro atoms. The van der Waals surface area contributed by atoms with E-state index in [-0.39, 0.29) is 11.8 Å². The molecule has 1 aromatic heterocycles. The minimum atomic E-state index is -0.809. The summed E-state index contributed by atoms with van der Waals surface area (Å²) in [7, 11) is 0. The molecule has 0 atom stereocenters. The number of nitrogens with zero attached hydrogens (tertiary/aromatic N) is 2. The third-order valence-corrected chi connectivity index (χ3v) is 11.4. The number of anilines is 1. The minimum absolute atomic E-state index is 0.0461. The van der Waals surface area contributed by atoms with Crippen LogP contribution in [-0.2, 0) is 26.3 Å². The average Bonchev–Trinajstić information content (AvgIpc) is 3.47. The van der Waals surface area contributed by atoms with Crippen LogP contribution >= 0.6 is 0 Å². The fraction of sp³-hybridized carbons (Fsp3) is 0.194. The second-order valence-corrected chi connectivity index (χ2v) is 14.1. The van der Waals surface area contributed by atoms with Crippen LogP contribution in [0.1, 0.15) is 29.5 Å². The van der Waals surface area contributed by atoms with Gasteiger partial charge in [0.2, 0.25) is 0 Å². The van der Waals surface area contributed by atoms with Gasteiger partial charge in [-0.05, 0) is 0 Å². The molecule has 0 saturated heterocycles. The molecule has 1 aliphatic heterocycles. The summed E-state index contributed by atoms with van der Waals surface area (Å²) in [5.41, 5.74) is 4.28. The van der Waals surface area contributed by atoms with Gasteiger partial charge in [0.05, 0.1) is 0 Å². The van der Waals surface area contributed by atoms with Gasteiger partial charge < -0.3 is 0 Å². The summed E-state index contributed by atoms with van der Waals surface area (Å²) in [6, 6.07) is 25.4. The van der Waals surface area contributed by atoms with Crippen LogP contribution in [0.3, 0.4) is 0 Å². The van der Waals surface area contributed by atoms with E-state index in [2.05, 4.69) is 114 Å². The number of carboxylic acid groups (broad SMARTS) is 1. The van der Waals surface area contributed by atoms with Gasteiger partial charge in [-0.25, -0.2) is 0 Å². The van der Waals surface area contributed by atoms with Gasteiger partial charge in [-0.2, -0.15) is 0 Å². The monoisotopic (exact) mass is 687 g/mol. The Bertz CT molecular complexity index is 1950. The molecule has 0 unspecified atom stereocenters. The number of carbonyl (C=O) groups is 2. The number of para-hydroxylation sites is 1. The van der Waals surface area contributed by atoms with Crippen LogP contribution in [0.5, 0.6) is 0 Å². The van der Waals surface area contributed by atoms with Crippen molar-refractivity contribution in [3.8, 4) is 0 Å². The van der Waals surface area contributed by atoms with Gasteiger partial charge in [0.15, 0.2) is 0 Å². The number of hydrogen-bond acceptors (Lipinski definition) is 4. The van der Waals surface area contributed by atoms with Crippen molar-refractivity contribution in [2.45, 2.75) is 32.2 Å². The second kappa shape index (κ2) is 12.2. The van der Waals surface area contributed by atoms with E-state index in [1.54, 1.807) is 0 Å². The number of allylic oxidation sites excluding steroid dienone is 5. The molecule has 6 rings (SSSR count). The predicted octanol–water partition coefficient (Wildman–Crippen LogP) is 6.39. The number of aliphatic carboxylic acids is 1. The number of aromatic nitrogens is 1. The number of carboxylic acids is 1. The Morgan fingerprint density at radius 3 is 2.35 bits per heavy atom. The Kier molecular flexibility index (Phi) is 8.21. The molecular formula is C36H33N2O4Te+. The molecule has 0 radical (unpaired) electrons. The van der Waals surface area contributed by atoms with Crippen LogP contribution in [0.15, 0.2) is 103 Å². The molecule has 5 aromatic rings. The number of rotatable bonds is 10. The van der Waals surface area contributed by atoms with Gasteiger partial charge in [0.25, 0.3) is 0 Å². The van der Waals surface area contributed by atoms with Crippen molar-refractivity contribution in [3.05, 3.63) is 112 Å². The molecule has 0 bridgehead atoms. The summed E-state index contributed by atoms with van der Waals surface area (Å²) in [6.45, 7) is 6.33. The molecule has 1 N–H and O–H groups in total. The standard InChI is InChI=1S/C36H32N2O4Te/c1-36(2)31(18-4-3-5-19-32-37(22-23-42-24-39)29-16-10-11-17-30(29)43-32)38(21-20-33(40)41)35-28-15-9-7-13-26(28)25-12-6-8-14-27(25)34(35)36/h3-19,24H,20-23H2,1-2H3/p+1. The molecule has 6 nitrogen and oxygen atoms in total. The molecule has 4 aromatic carbocycles. The van der Waals surface area contributed by atoms with Crippen LogP contribution in [0.25, 0.3) is 36.5 Å². The molecule has 7 heteroatoms. The molecule has 0 fully saturated rings. The molecule has 1 aliphatic rings. The Morgan fingerprint density at radius 2 is 1.60 bits per heavy atom. The van der Waals surface area contributed by atoms with Crippen molar-refractivity contribution in [1.82, 2.24) is 0 Å². The van der Waals surface area contributed by atoms with Gasteiger partial charge in [-0.3, -0.25) is 0 Å². The van der Waals surface area contributed by atoms with E-state index >= 15 is 0 Å². The molecule has 0 aliphatic carbocycles.